The number of rotatable bonds is 0. The van der Waals surface area contributed by atoms with Gasteiger partial charge in [0.25, 0.3) is 0 Å². The lowest BCUT2D eigenvalue weighted by Gasteiger charge is -2.07. The summed E-state index contributed by atoms with van der Waals surface area (Å²) in [7, 11) is 0. The van der Waals surface area contributed by atoms with Gasteiger partial charge in [0.1, 0.15) is 11.9 Å². The Morgan fingerprint density at radius 1 is 1.33 bits per heavy atom. The predicted molar refractivity (Wildman–Crippen MR) is 27.1 cm³/mol. The molecule has 2 unspecified atom stereocenters. The van der Waals surface area contributed by atoms with Crippen LogP contribution in [0.4, 0.5) is 8.78 Å². The van der Waals surface area contributed by atoms with Crippen LogP contribution in [0.15, 0.2) is 11.7 Å². The first-order chi connectivity index (χ1) is 4.29. The minimum absolute atomic E-state index is 0.269. The Hall–Kier alpha value is -0.440. The molecule has 1 aliphatic heterocycles. The summed E-state index contributed by atoms with van der Waals surface area (Å²) in [5.74, 6) is -1.52. The average molecular weight is 132 g/mol. The molecule has 0 N–H and O–H groups in total. The molecular formula is C6H6F2O. The summed E-state index contributed by atoms with van der Waals surface area (Å²) in [6.45, 7) is 0.365. The van der Waals surface area contributed by atoms with Crippen LogP contribution in [0.3, 0.4) is 0 Å². The second-order valence-electron chi connectivity index (χ2n) is 2.45. The number of halogens is 2. The van der Waals surface area contributed by atoms with E-state index < -0.39 is 17.8 Å². The maximum absolute atomic E-state index is 12.4. The summed E-state index contributed by atoms with van der Waals surface area (Å²) in [4.78, 5) is 0. The standard InChI is InChI=1S/C6H6F2O/c7-5-3-1-4(6(5)8)9-2-3/h3-4H,1-2H2. The third-order valence-corrected chi connectivity index (χ3v) is 1.87. The summed E-state index contributed by atoms with van der Waals surface area (Å²) in [5, 5.41) is 0. The molecule has 1 aliphatic carbocycles. The van der Waals surface area contributed by atoms with E-state index in [0.717, 1.165) is 0 Å². The molecule has 2 atom stereocenters. The Labute approximate surface area is 51.3 Å². The van der Waals surface area contributed by atoms with Crippen LogP contribution in [0, 0.1) is 5.92 Å². The van der Waals surface area contributed by atoms with Gasteiger partial charge >= 0.3 is 0 Å². The zero-order chi connectivity index (χ0) is 6.43. The molecule has 1 heterocycles. The lowest BCUT2D eigenvalue weighted by Crippen LogP contribution is -2.07. The lowest BCUT2D eigenvalue weighted by atomic mass is 10.1. The molecule has 2 bridgehead atoms. The van der Waals surface area contributed by atoms with Gasteiger partial charge in [0.05, 0.1) is 6.61 Å². The maximum atomic E-state index is 12.4. The highest BCUT2D eigenvalue weighted by Crippen LogP contribution is 2.41. The normalized spacial score (nSPS) is 40.7. The number of ether oxygens (including phenoxy) is 1. The first kappa shape index (κ1) is 5.35. The van der Waals surface area contributed by atoms with E-state index in [2.05, 4.69) is 0 Å². The highest BCUT2D eigenvalue weighted by Gasteiger charge is 2.41. The summed E-state index contributed by atoms with van der Waals surface area (Å²) < 4.78 is 29.7. The van der Waals surface area contributed by atoms with Gasteiger partial charge in [0, 0.05) is 5.92 Å². The Morgan fingerprint density at radius 3 is 2.44 bits per heavy atom. The van der Waals surface area contributed by atoms with Crippen LogP contribution in [0.5, 0.6) is 0 Å². The Kier molecular flexibility index (Phi) is 0.913. The van der Waals surface area contributed by atoms with Gasteiger partial charge in [0.2, 0.25) is 0 Å². The highest BCUT2D eigenvalue weighted by molar-refractivity contribution is 5.19. The van der Waals surface area contributed by atoms with E-state index in [1.54, 1.807) is 0 Å². The molecule has 50 valence electrons. The van der Waals surface area contributed by atoms with Crippen LogP contribution in [-0.4, -0.2) is 12.7 Å². The molecule has 0 amide bonds. The third-order valence-electron chi connectivity index (χ3n) is 1.87. The first-order valence-corrected chi connectivity index (χ1v) is 2.95. The topological polar surface area (TPSA) is 9.23 Å². The number of hydrogen-bond acceptors (Lipinski definition) is 1. The van der Waals surface area contributed by atoms with Crippen molar-refractivity contribution in [3.05, 3.63) is 11.7 Å². The van der Waals surface area contributed by atoms with Gasteiger partial charge in [-0.1, -0.05) is 0 Å². The largest absolute Gasteiger partial charge is 0.370 e. The molecule has 0 aromatic carbocycles. The van der Waals surface area contributed by atoms with Crippen LogP contribution in [0.2, 0.25) is 0 Å². The molecule has 0 aromatic heterocycles. The predicted octanol–water partition coefficient (Wildman–Crippen LogP) is 1.56. The van der Waals surface area contributed by atoms with E-state index in [-0.39, 0.29) is 5.92 Å². The van der Waals surface area contributed by atoms with E-state index in [1.807, 2.05) is 0 Å². The minimum atomic E-state index is -0.675. The summed E-state index contributed by atoms with van der Waals surface area (Å²) in [5.41, 5.74) is 0. The Morgan fingerprint density at radius 2 is 2.11 bits per heavy atom. The quantitative estimate of drug-likeness (QED) is 0.486. The Bertz CT molecular complexity index is 158. The molecule has 1 fully saturated rings. The van der Waals surface area contributed by atoms with Crippen LogP contribution >= 0.6 is 0 Å². The Balaban J connectivity index is 2.36. The van der Waals surface area contributed by atoms with Crippen molar-refractivity contribution >= 4 is 0 Å². The average Bonchev–Trinajstić information content (AvgIpc) is 2.37. The number of hydrogen-bond donors (Lipinski definition) is 0. The molecular weight excluding hydrogens is 126 g/mol. The highest BCUT2D eigenvalue weighted by atomic mass is 19.2. The number of fused-ring (bicyclic) bond motifs is 2. The van der Waals surface area contributed by atoms with Crippen molar-refractivity contribution < 1.29 is 13.5 Å². The lowest BCUT2D eigenvalue weighted by molar-refractivity contribution is 0.0986. The van der Waals surface area contributed by atoms with Gasteiger partial charge in [-0.2, -0.15) is 0 Å². The van der Waals surface area contributed by atoms with Crippen LogP contribution < -0.4 is 0 Å². The van der Waals surface area contributed by atoms with E-state index in [1.165, 1.54) is 0 Å². The van der Waals surface area contributed by atoms with Crippen LogP contribution in [0.25, 0.3) is 0 Å². The third kappa shape index (κ3) is 0.553. The summed E-state index contributed by atoms with van der Waals surface area (Å²) >= 11 is 0. The van der Waals surface area contributed by atoms with Crippen molar-refractivity contribution in [2.75, 3.05) is 6.61 Å². The van der Waals surface area contributed by atoms with Gasteiger partial charge in [-0.25, -0.2) is 8.78 Å². The van der Waals surface area contributed by atoms with Crippen molar-refractivity contribution in [1.29, 1.82) is 0 Å². The summed E-state index contributed by atoms with van der Waals surface area (Å²) in [6, 6.07) is 0. The van der Waals surface area contributed by atoms with Crippen molar-refractivity contribution in [1.82, 2.24) is 0 Å². The van der Waals surface area contributed by atoms with Crippen molar-refractivity contribution in [3.63, 3.8) is 0 Å². The van der Waals surface area contributed by atoms with Crippen molar-refractivity contribution in [2.45, 2.75) is 12.5 Å². The van der Waals surface area contributed by atoms with Gasteiger partial charge in [-0.05, 0) is 6.42 Å². The maximum Gasteiger partial charge on any atom is 0.160 e. The van der Waals surface area contributed by atoms with Crippen LogP contribution in [-0.2, 0) is 4.74 Å². The SMILES string of the molecule is FC1=C(F)C2CC1CO2. The summed E-state index contributed by atoms with van der Waals surface area (Å²) in [6.07, 6.45) is -0.0347. The fourth-order valence-electron chi connectivity index (χ4n) is 1.33. The monoisotopic (exact) mass is 132 g/mol. The molecule has 2 rings (SSSR count). The van der Waals surface area contributed by atoms with Crippen molar-refractivity contribution in [2.24, 2.45) is 5.92 Å². The zero-order valence-corrected chi connectivity index (χ0v) is 4.73. The molecule has 2 aliphatic rings. The zero-order valence-electron chi connectivity index (χ0n) is 4.73. The second kappa shape index (κ2) is 1.53. The van der Waals surface area contributed by atoms with Gasteiger partial charge in [0.15, 0.2) is 5.83 Å². The second-order valence-corrected chi connectivity index (χ2v) is 2.45. The van der Waals surface area contributed by atoms with E-state index in [4.69, 9.17) is 4.74 Å². The molecule has 1 saturated heterocycles. The van der Waals surface area contributed by atoms with Gasteiger partial charge in [-0.3, -0.25) is 0 Å². The molecule has 3 heteroatoms. The fraction of sp³-hybridized carbons (Fsp3) is 0.667. The molecule has 0 spiro atoms. The van der Waals surface area contributed by atoms with E-state index in [9.17, 15) is 8.78 Å². The minimum Gasteiger partial charge on any atom is -0.370 e. The van der Waals surface area contributed by atoms with E-state index >= 15 is 0 Å². The molecule has 1 nitrogen and oxygen atoms in total. The molecule has 0 radical (unpaired) electrons. The fourth-order valence-corrected chi connectivity index (χ4v) is 1.33. The van der Waals surface area contributed by atoms with Gasteiger partial charge in [-0.15, -0.1) is 0 Å². The molecule has 0 saturated carbocycles. The first-order valence-electron chi connectivity index (χ1n) is 2.95. The van der Waals surface area contributed by atoms with Crippen LogP contribution in [0.1, 0.15) is 6.42 Å². The molecule has 9 heavy (non-hydrogen) atoms. The molecule has 0 aromatic rings. The van der Waals surface area contributed by atoms with Crippen molar-refractivity contribution in [3.8, 4) is 0 Å². The van der Waals surface area contributed by atoms with E-state index in [0.29, 0.717) is 13.0 Å². The van der Waals surface area contributed by atoms with Gasteiger partial charge < -0.3 is 4.74 Å². The smallest absolute Gasteiger partial charge is 0.160 e.